The maximum absolute atomic E-state index is 11.3. The molecular weight excluding hydrogens is 195 g/mol. The first-order valence-corrected chi connectivity index (χ1v) is 5.89. The summed E-state index contributed by atoms with van der Waals surface area (Å²) in [6.07, 6.45) is 3.37. The molecule has 0 aromatic carbocycles. The SMILES string of the molecule is CC(CCCCNP)NC(=O)C(C)C. The molecule has 2 unspecified atom stereocenters. The van der Waals surface area contributed by atoms with Crippen molar-refractivity contribution in [1.29, 1.82) is 0 Å². The van der Waals surface area contributed by atoms with E-state index in [1.807, 2.05) is 13.8 Å². The van der Waals surface area contributed by atoms with Crippen LogP contribution in [0.3, 0.4) is 0 Å². The van der Waals surface area contributed by atoms with Gasteiger partial charge in [-0.2, -0.15) is 0 Å². The summed E-state index contributed by atoms with van der Waals surface area (Å²) in [7, 11) is 2.49. The zero-order chi connectivity index (χ0) is 11.0. The number of carbonyl (C=O) groups is 1. The van der Waals surface area contributed by atoms with E-state index >= 15 is 0 Å². The van der Waals surface area contributed by atoms with E-state index in [0.717, 1.165) is 25.8 Å². The second-order valence-electron chi connectivity index (χ2n) is 4.01. The monoisotopic (exact) mass is 218 g/mol. The summed E-state index contributed by atoms with van der Waals surface area (Å²) in [6.45, 7) is 6.92. The average Bonchev–Trinajstić information content (AvgIpc) is 2.12. The van der Waals surface area contributed by atoms with E-state index in [-0.39, 0.29) is 11.8 Å². The molecular formula is C10H23N2OP. The Morgan fingerprint density at radius 1 is 1.29 bits per heavy atom. The number of carbonyl (C=O) groups excluding carboxylic acids is 1. The van der Waals surface area contributed by atoms with Gasteiger partial charge in [-0.1, -0.05) is 29.7 Å². The zero-order valence-corrected chi connectivity index (χ0v) is 10.6. The van der Waals surface area contributed by atoms with Crippen LogP contribution in [0.15, 0.2) is 0 Å². The van der Waals surface area contributed by atoms with Crippen molar-refractivity contribution in [2.24, 2.45) is 5.92 Å². The highest BCUT2D eigenvalue weighted by Crippen LogP contribution is 2.01. The van der Waals surface area contributed by atoms with Crippen LogP contribution in [0.25, 0.3) is 0 Å². The number of unbranched alkanes of at least 4 members (excludes halogenated alkanes) is 1. The van der Waals surface area contributed by atoms with Crippen LogP contribution in [0, 0.1) is 5.92 Å². The molecule has 0 radical (unpaired) electrons. The molecule has 2 N–H and O–H groups in total. The molecule has 0 spiro atoms. The Bertz CT molecular complexity index is 162. The molecule has 0 aliphatic carbocycles. The number of amides is 1. The molecule has 0 aromatic heterocycles. The molecule has 0 rings (SSSR count). The molecule has 4 heteroatoms. The highest BCUT2D eigenvalue weighted by Gasteiger charge is 2.09. The zero-order valence-electron chi connectivity index (χ0n) is 9.47. The van der Waals surface area contributed by atoms with Crippen LogP contribution in [0.4, 0.5) is 0 Å². The number of hydrogen-bond donors (Lipinski definition) is 2. The molecule has 0 aliphatic rings. The van der Waals surface area contributed by atoms with Crippen molar-refractivity contribution in [2.75, 3.05) is 6.54 Å². The fraction of sp³-hybridized carbons (Fsp3) is 0.900. The van der Waals surface area contributed by atoms with Crippen molar-refractivity contribution < 1.29 is 4.79 Å². The lowest BCUT2D eigenvalue weighted by Crippen LogP contribution is -2.35. The smallest absolute Gasteiger partial charge is 0.222 e. The maximum atomic E-state index is 11.3. The van der Waals surface area contributed by atoms with Gasteiger partial charge in [0.05, 0.1) is 0 Å². The first kappa shape index (κ1) is 13.9. The fourth-order valence-corrected chi connectivity index (χ4v) is 1.36. The molecule has 0 heterocycles. The number of rotatable bonds is 7. The second-order valence-corrected chi connectivity index (χ2v) is 4.42. The second kappa shape index (κ2) is 8.19. The van der Waals surface area contributed by atoms with Crippen molar-refractivity contribution in [2.45, 2.75) is 46.1 Å². The van der Waals surface area contributed by atoms with Gasteiger partial charge < -0.3 is 10.4 Å². The first-order chi connectivity index (χ1) is 6.57. The molecule has 0 aliphatic heterocycles. The van der Waals surface area contributed by atoms with Gasteiger partial charge in [-0.05, 0) is 26.3 Å². The highest BCUT2D eigenvalue weighted by molar-refractivity contribution is 7.13. The van der Waals surface area contributed by atoms with E-state index in [0.29, 0.717) is 6.04 Å². The molecule has 0 saturated heterocycles. The van der Waals surface area contributed by atoms with Gasteiger partial charge in [0.1, 0.15) is 0 Å². The van der Waals surface area contributed by atoms with Gasteiger partial charge in [-0.25, -0.2) is 0 Å². The standard InChI is InChI=1S/C10H23N2OP/c1-8(2)10(13)12-9(3)6-4-5-7-11-14/h8-9,11H,4-7,14H2,1-3H3,(H,12,13). The lowest BCUT2D eigenvalue weighted by molar-refractivity contribution is -0.124. The van der Waals surface area contributed by atoms with Gasteiger partial charge in [-0.15, -0.1) is 0 Å². The van der Waals surface area contributed by atoms with E-state index in [2.05, 4.69) is 26.7 Å². The van der Waals surface area contributed by atoms with Crippen molar-refractivity contribution in [3.8, 4) is 0 Å². The van der Waals surface area contributed by atoms with Crippen LogP contribution in [0.1, 0.15) is 40.0 Å². The quantitative estimate of drug-likeness (QED) is 0.504. The minimum Gasteiger partial charge on any atom is -0.353 e. The van der Waals surface area contributed by atoms with E-state index in [9.17, 15) is 4.79 Å². The van der Waals surface area contributed by atoms with E-state index in [4.69, 9.17) is 0 Å². The normalized spacial score (nSPS) is 12.9. The Labute approximate surface area is 89.7 Å². The van der Waals surface area contributed by atoms with Gasteiger partial charge in [0.2, 0.25) is 5.91 Å². The summed E-state index contributed by atoms with van der Waals surface area (Å²) in [5.74, 6) is 0.243. The minimum atomic E-state index is 0.0890. The third kappa shape index (κ3) is 7.28. The number of nitrogens with one attached hydrogen (secondary N) is 2. The van der Waals surface area contributed by atoms with Gasteiger partial charge in [-0.3, -0.25) is 4.79 Å². The summed E-state index contributed by atoms with van der Waals surface area (Å²) < 4.78 is 0. The van der Waals surface area contributed by atoms with Crippen LogP contribution in [0.5, 0.6) is 0 Å². The Morgan fingerprint density at radius 2 is 1.93 bits per heavy atom. The summed E-state index contributed by atoms with van der Waals surface area (Å²) in [4.78, 5) is 11.3. The number of hydrogen-bond acceptors (Lipinski definition) is 2. The summed E-state index contributed by atoms with van der Waals surface area (Å²) in [5.41, 5.74) is 0. The predicted molar refractivity (Wildman–Crippen MR) is 64.0 cm³/mol. The average molecular weight is 218 g/mol. The highest BCUT2D eigenvalue weighted by atomic mass is 31.0. The topological polar surface area (TPSA) is 41.1 Å². The van der Waals surface area contributed by atoms with Crippen LogP contribution >= 0.6 is 9.39 Å². The summed E-state index contributed by atoms with van der Waals surface area (Å²) in [6, 6.07) is 0.300. The van der Waals surface area contributed by atoms with Crippen LogP contribution in [0.2, 0.25) is 0 Å². The third-order valence-corrected chi connectivity index (χ3v) is 2.41. The maximum Gasteiger partial charge on any atom is 0.222 e. The Kier molecular flexibility index (Phi) is 8.11. The fourth-order valence-electron chi connectivity index (χ4n) is 1.16. The summed E-state index contributed by atoms with van der Waals surface area (Å²) >= 11 is 0. The lowest BCUT2D eigenvalue weighted by Gasteiger charge is -2.15. The largest absolute Gasteiger partial charge is 0.353 e. The minimum absolute atomic E-state index is 0.0890. The summed E-state index contributed by atoms with van der Waals surface area (Å²) in [5, 5.41) is 6.02. The van der Waals surface area contributed by atoms with Gasteiger partial charge in [0.15, 0.2) is 0 Å². The molecule has 14 heavy (non-hydrogen) atoms. The Balaban J connectivity index is 3.45. The van der Waals surface area contributed by atoms with Crippen molar-refractivity contribution in [3.63, 3.8) is 0 Å². The molecule has 0 saturated carbocycles. The molecule has 0 fully saturated rings. The molecule has 0 bridgehead atoms. The van der Waals surface area contributed by atoms with Crippen molar-refractivity contribution >= 4 is 15.3 Å². The van der Waals surface area contributed by atoms with Crippen LogP contribution in [-0.4, -0.2) is 18.5 Å². The van der Waals surface area contributed by atoms with E-state index in [1.165, 1.54) is 0 Å². The van der Waals surface area contributed by atoms with Gasteiger partial charge in [0, 0.05) is 12.0 Å². The van der Waals surface area contributed by atoms with Crippen LogP contribution in [-0.2, 0) is 4.79 Å². The van der Waals surface area contributed by atoms with Crippen molar-refractivity contribution in [1.82, 2.24) is 10.4 Å². The molecule has 0 aromatic rings. The Hall–Kier alpha value is -0.140. The van der Waals surface area contributed by atoms with Gasteiger partial charge in [0.25, 0.3) is 0 Å². The van der Waals surface area contributed by atoms with Crippen LogP contribution < -0.4 is 10.4 Å². The predicted octanol–water partition coefficient (Wildman–Crippen LogP) is 1.70. The third-order valence-electron chi connectivity index (χ3n) is 2.12. The first-order valence-electron chi connectivity index (χ1n) is 5.31. The lowest BCUT2D eigenvalue weighted by atomic mass is 10.1. The Morgan fingerprint density at radius 3 is 2.43 bits per heavy atom. The van der Waals surface area contributed by atoms with Crippen molar-refractivity contribution in [3.05, 3.63) is 0 Å². The molecule has 1 amide bonds. The molecule has 3 nitrogen and oxygen atoms in total. The molecule has 2 atom stereocenters. The van der Waals surface area contributed by atoms with E-state index in [1.54, 1.807) is 0 Å². The van der Waals surface area contributed by atoms with Gasteiger partial charge >= 0.3 is 0 Å². The molecule has 84 valence electrons. The van der Waals surface area contributed by atoms with E-state index < -0.39 is 0 Å².